The highest BCUT2D eigenvalue weighted by atomic mass is 35.5. The molecule has 7 nitrogen and oxygen atoms in total. The smallest absolute Gasteiger partial charge is 0.264 e. The summed E-state index contributed by atoms with van der Waals surface area (Å²) in [7, 11) is -2.43. The lowest BCUT2D eigenvalue weighted by Crippen LogP contribution is -2.47. The van der Waals surface area contributed by atoms with Gasteiger partial charge in [-0.2, -0.15) is 0 Å². The van der Waals surface area contributed by atoms with E-state index in [-0.39, 0.29) is 34.2 Å². The predicted octanol–water partition coefficient (Wildman–Crippen LogP) is 3.54. The highest BCUT2D eigenvalue weighted by Crippen LogP contribution is 2.25. The fourth-order valence-electron chi connectivity index (χ4n) is 3.64. The summed E-state index contributed by atoms with van der Waals surface area (Å²) in [6.45, 7) is 4.95. The molecule has 0 bridgehead atoms. The van der Waals surface area contributed by atoms with Gasteiger partial charge in [0.15, 0.2) is 0 Å². The third-order valence-electron chi connectivity index (χ3n) is 5.56. The molecule has 2 aromatic rings. The molecule has 2 amide bonds. The molecule has 1 aliphatic heterocycles. The molecule has 2 aromatic carbocycles. The van der Waals surface area contributed by atoms with E-state index in [0.29, 0.717) is 36.6 Å². The topological polar surface area (TPSA) is 86.8 Å². The zero-order valence-corrected chi connectivity index (χ0v) is 20.0. The summed E-state index contributed by atoms with van der Waals surface area (Å²) < 4.78 is 27.3. The second-order valence-electron chi connectivity index (χ2n) is 8.21. The Balaban J connectivity index is 1.69. The molecule has 1 aliphatic rings. The van der Waals surface area contributed by atoms with Crippen molar-refractivity contribution in [3.8, 4) is 0 Å². The van der Waals surface area contributed by atoms with Gasteiger partial charge < -0.3 is 10.2 Å². The third-order valence-corrected chi connectivity index (χ3v) is 7.58. The molecule has 0 radical (unpaired) electrons. The number of rotatable bonds is 6. The van der Waals surface area contributed by atoms with Crippen molar-refractivity contribution in [2.24, 2.45) is 5.92 Å². The van der Waals surface area contributed by atoms with Crippen LogP contribution in [0.4, 0.5) is 5.69 Å². The summed E-state index contributed by atoms with van der Waals surface area (Å²) in [6, 6.07) is 12.5. The van der Waals surface area contributed by atoms with Gasteiger partial charge in [0.1, 0.15) is 0 Å². The van der Waals surface area contributed by atoms with Crippen molar-refractivity contribution in [2.45, 2.75) is 37.6 Å². The number of carbonyl (C=O) groups excluding carboxylic acids is 2. The Kier molecular flexibility index (Phi) is 7.46. The Morgan fingerprint density at radius 1 is 1.09 bits per heavy atom. The van der Waals surface area contributed by atoms with E-state index in [1.165, 1.54) is 19.2 Å². The van der Waals surface area contributed by atoms with Crippen molar-refractivity contribution in [3.05, 3.63) is 59.1 Å². The van der Waals surface area contributed by atoms with Gasteiger partial charge in [0.05, 0.1) is 10.6 Å². The third kappa shape index (κ3) is 5.42. The number of likely N-dealkylation sites (tertiary alicyclic amines) is 1. The number of amides is 2. The number of hydrogen-bond acceptors (Lipinski definition) is 4. The molecule has 0 atom stereocenters. The largest absolute Gasteiger partial charge is 0.349 e. The summed E-state index contributed by atoms with van der Waals surface area (Å²) in [4.78, 5) is 26.8. The number of piperidine rings is 1. The second-order valence-corrected chi connectivity index (χ2v) is 10.6. The van der Waals surface area contributed by atoms with Crippen molar-refractivity contribution in [3.63, 3.8) is 0 Å². The molecule has 172 valence electrons. The zero-order valence-electron chi connectivity index (χ0n) is 18.4. The highest BCUT2D eigenvalue weighted by Gasteiger charge is 2.26. The van der Waals surface area contributed by atoms with Crippen molar-refractivity contribution in [2.75, 3.05) is 24.4 Å². The van der Waals surface area contributed by atoms with E-state index in [4.69, 9.17) is 11.6 Å². The lowest BCUT2D eigenvalue weighted by Gasteiger charge is -2.33. The lowest BCUT2D eigenvalue weighted by molar-refractivity contribution is -0.135. The van der Waals surface area contributed by atoms with Crippen LogP contribution >= 0.6 is 11.6 Å². The molecular weight excluding hydrogens is 450 g/mol. The summed E-state index contributed by atoms with van der Waals surface area (Å²) in [5.41, 5.74) is 0.696. The number of benzene rings is 2. The average molecular weight is 478 g/mol. The number of halogens is 1. The van der Waals surface area contributed by atoms with Crippen LogP contribution in [0.3, 0.4) is 0 Å². The molecule has 3 rings (SSSR count). The molecule has 32 heavy (non-hydrogen) atoms. The van der Waals surface area contributed by atoms with Crippen LogP contribution in [-0.4, -0.2) is 51.3 Å². The van der Waals surface area contributed by atoms with Gasteiger partial charge in [0, 0.05) is 42.7 Å². The van der Waals surface area contributed by atoms with Crippen LogP contribution in [0.25, 0.3) is 0 Å². The van der Waals surface area contributed by atoms with Gasteiger partial charge >= 0.3 is 0 Å². The standard InChI is InChI=1S/C23H28ClN3O4S/c1-16(2)23(29)27-12-10-19(11-13-27)25-22(28)17-6-4-9-21(14-17)32(30,31)26(3)20-8-5-7-18(24)15-20/h4-9,14-16,19H,10-13H2,1-3H3,(H,25,28). The first-order valence-electron chi connectivity index (χ1n) is 10.5. The lowest BCUT2D eigenvalue weighted by atomic mass is 10.0. The zero-order chi connectivity index (χ0) is 23.5. The van der Waals surface area contributed by atoms with Crippen molar-refractivity contribution in [1.29, 1.82) is 0 Å². The molecule has 0 aromatic heterocycles. The average Bonchev–Trinajstić information content (AvgIpc) is 2.78. The van der Waals surface area contributed by atoms with Crippen LogP contribution in [0.15, 0.2) is 53.4 Å². The minimum atomic E-state index is -3.87. The molecule has 0 aliphatic carbocycles. The van der Waals surface area contributed by atoms with E-state index in [9.17, 15) is 18.0 Å². The maximum absolute atomic E-state index is 13.1. The second kappa shape index (κ2) is 9.92. The van der Waals surface area contributed by atoms with Crippen molar-refractivity contribution in [1.82, 2.24) is 10.2 Å². The van der Waals surface area contributed by atoms with E-state index in [2.05, 4.69) is 5.32 Å². The Morgan fingerprint density at radius 2 is 1.75 bits per heavy atom. The van der Waals surface area contributed by atoms with Crippen LogP contribution in [0, 0.1) is 5.92 Å². The van der Waals surface area contributed by atoms with E-state index < -0.39 is 10.0 Å². The van der Waals surface area contributed by atoms with Crippen LogP contribution in [-0.2, 0) is 14.8 Å². The van der Waals surface area contributed by atoms with Gasteiger partial charge in [-0.15, -0.1) is 0 Å². The van der Waals surface area contributed by atoms with Gasteiger partial charge in [-0.05, 0) is 49.2 Å². The van der Waals surface area contributed by atoms with E-state index >= 15 is 0 Å². The monoisotopic (exact) mass is 477 g/mol. The van der Waals surface area contributed by atoms with Crippen LogP contribution < -0.4 is 9.62 Å². The maximum Gasteiger partial charge on any atom is 0.264 e. The van der Waals surface area contributed by atoms with Crippen molar-refractivity contribution < 1.29 is 18.0 Å². The quantitative estimate of drug-likeness (QED) is 0.689. The Morgan fingerprint density at radius 3 is 2.38 bits per heavy atom. The minimum absolute atomic E-state index is 0.0185. The van der Waals surface area contributed by atoms with E-state index in [1.807, 2.05) is 18.7 Å². The van der Waals surface area contributed by atoms with Gasteiger partial charge in [-0.25, -0.2) is 8.42 Å². The number of hydrogen-bond donors (Lipinski definition) is 1. The number of carbonyl (C=O) groups is 2. The van der Waals surface area contributed by atoms with Crippen molar-refractivity contribution >= 4 is 39.1 Å². The van der Waals surface area contributed by atoms with Gasteiger partial charge in [-0.3, -0.25) is 13.9 Å². The van der Waals surface area contributed by atoms with E-state index in [0.717, 1.165) is 4.31 Å². The van der Waals surface area contributed by atoms with Gasteiger partial charge in [0.2, 0.25) is 5.91 Å². The summed E-state index contributed by atoms with van der Waals surface area (Å²) in [6.07, 6.45) is 1.33. The molecule has 1 N–H and O–H groups in total. The number of sulfonamides is 1. The summed E-state index contributed by atoms with van der Waals surface area (Å²) in [5.74, 6) is -0.256. The summed E-state index contributed by atoms with van der Waals surface area (Å²) in [5, 5.41) is 3.40. The molecule has 1 fully saturated rings. The predicted molar refractivity (Wildman–Crippen MR) is 125 cm³/mol. The Hall–Kier alpha value is -2.58. The van der Waals surface area contributed by atoms with Crippen LogP contribution in [0.2, 0.25) is 5.02 Å². The summed E-state index contributed by atoms with van der Waals surface area (Å²) >= 11 is 5.99. The molecule has 0 unspecified atom stereocenters. The first-order chi connectivity index (χ1) is 15.1. The fourth-order valence-corrected chi connectivity index (χ4v) is 5.06. The number of anilines is 1. The molecule has 1 heterocycles. The number of nitrogens with one attached hydrogen (secondary N) is 1. The highest BCUT2D eigenvalue weighted by molar-refractivity contribution is 7.92. The Labute approximate surface area is 194 Å². The number of nitrogens with zero attached hydrogens (tertiary/aromatic N) is 2. The van der Waals surface area contributed by atoms with E-state index in [1.54, 1.807) is 36.4 Å². The van der Waals surface area contributed by atoms with Crippen LogP contribution in [0.5, 0.6) is 0 Å². The molecule has 0 spiro atoms. The first-order valence-corrected chi connectivity index (χ1v) is 12.4. The maximum atomic E-state index is 13.1. The fraction of sp³-hybridized carbons (Fsp3) is 0.391. The Bertz CT molecular complexity index is 1100. The SMILES string of the molecule is CC(C)C(=O)N1CCC(NC(=O)c2cccc(S(=O)(=O)N(C)c3cccc(Cl)c3)c2)CC1. The molecular formula is C23H28ClN3O4S. The molecule has 0 saturated carbocycles. The van der Waals surface area contributed by atoms with Gasteiger partial charge in [0.25, 0.3) is 15.9 Å². The van der Waals surface area contributed by atoms with Crippen LogP contribution in [0.1, 0.15) is 37.0 Å². The minimum Gasteiger partial charge on any atom is -0.349 e. The molecule has 9 heteroatoms. The first kappa shape index (κ1) is 24.1. The molecule has 1 saturated heterocycles. The van der Waals surface area contributed by atoms with Gasteiger partial charge in [-0.1, -0.05) is 37.6 Å². The normalized spacial score (nSPS) is 15.0.